The quantitative estimate of drug-likeness (QED) is 0.481. The smallest absolute Gasteiger partial charge is 0.267 e. The minimum Gasteiger partial charge on any atom is -0.341 e. The Kier molecular flexibility index (Phi) is 6.60. The molecule has 8 heteroatoms. The van der Waals surface area contributed by atoms with Gasteiger partial charge in [-0.15, -0.1) is 0 Å². The van der Waals surface area contributed by atoms with Gasteiger partial charge in [0.2, 0.25) is 0 Å². The van der Waals surface area contributed by atoms with Crippen LogP contribution in [-0.4, -0.2) is 32.3 Å². The fourth-order valence-electron chi connectivity index (χ4n) is 3.03. The van der Waals surface area contributed by atoms with Crippen molar-refractivity contribution in [3.05, 3.63) is 65.2 Å². The van der Waals surface area contributed by atoms with Crippen molar-refractivity contribution < 1.29 is 13.6 Å². The first-order valence-corrected chi connectivity index (χ1v) is 10.6. The summed E-state index contributed by atoms with van der Waals surface area (Å²) in [6.07, 6.45) is 3.10. The number of pyridine rings is 1. The van der Waals surface area contributed by atoms with E-state index in [0.717, 1.165) is 18.2 Å². The summed E-state index contributed by atoms with van der Waals surface area (Å²) < 4.78 is 28.0. The molecule has 0 spiro atoms. The van der Waals surface area contributed by atoms with E-state index in [4.69, 9.17) is 16.6 Å². The van der Waals surface area contributed by atoms with E-state index in [1.54, 1.807) is 42.6 Å². The molecule has 0 aliphatic carbocycles. The standard InChI is InChI=1S/C24H25ClF2N4O/c1-14(2)21-18(12-28-13-29-21)20-11-16(22(32)31-23(3,4)24(5,26)27)10-19(30-20)15-6-8-17(25)9-7-15/h6-14H,1-5H3,(H,31,32). The Hall–Kier alpha value is -2.93. The highest BCUT2D eigenvalue weighted by Crippen LogP contribution is 2.31. The molecule has 0 radical (unpaired) electrons. The molecule has 1 amide bonds. The van der Waals surface area contributed by atoms with Gasteiger partial charge in [0.05, 0.1) is 22.6 Å². The van der Waals surface area contributed by atoms with Gasteiger partial charge in [-0.2, -0.15) is 0 Å². The lowest BCUT2D eigenvalue weighted by Crippen LogP contribution is -2.54. The molecule has 168 valence electrons. The molecular weight excluding hydrogens is 434 g/mol. The molecule has 3 rings (SSSR count). The molecule has 3 aromatic rings. The molecule has 2 heterocycles. The highest BCUT2D eigenvalue weighted by molar-refractivity contribution is 6.30. The number of hydrogen-bond acceptors (Lipinski definition) is 4. The summed E-state index contributed by atoms with van der Waals surface area (Å²) in [5.41, 5.74) is 1.62. The summed E-state index contributed by atoms with van der Waals surface area (Å²) in [6, 6.07) is 10.2. The Morgan fingerprint density at radius 3 is 2.28 bits per heavy atom. The van der Waals surface area contributed by atoms with Crippen LogP contribution in [-0.2, 0) is 0 Å². The van der Waals surface area contributed by atoms with E-state index >= 15 is 0 Å². The molecule has 0 bridgehead atoms. The number of nitrogens with one attached hydrogen (secondary N) is 1. The summed E-state index contributed by atoms with van der Waals surface area (Å²) in [4.78, 5) is 26.2. The third-order valence-corrected chi connectivity index (χ3v) is 5.57. The van der Waals surface area contributed by atoms with Crippen LogP contribution in [0.15, 0.2) is 48.9 Å². The van der Waals surface area contributed by atoms with Crippen molar-refractivity contribution in [2.45, 2.75) is 52.0 Å². The zero-order valence-corrected chi connectivity index (χ0v) is 19.3. The Morgan fingerprint density at radius 1 is 1.06 bits per heavy atom. The maximum absolute atomic E-state index is 14.0. The Balaban J connectivity index is 2.16. The second-order valence-corrected chi connectivity index (χ2v) is 9.01. The highest BCUT2D eigenvalue weighted by Gasteiger charge is 2.43. The van der Waals surface area contributed by atoms with E-state index in [2.05, 4.69) is 15.3 Å². The van der Waals surface area contributed by atoms with Gasteiger partial charge in [0.15, 0.2) is 0 Å². The number of aromatic nitrogens is 3. The van der Waals surface area contributed by atoms with Crippen LogP contribution in [0.2, 0.25) is 5.02 Å². The summed E-state index contributed by atoms with van der Waals surface area (Å²) >= 11 is 6.01. The monoisotopic (exact) mass is 458 g/mol. The second kappa shape index (κ2) is 8.90. The molecule has 0 fully saturated rings. The van der Waals surface area contributed by atoms with E-state index in [-0.39, 0.29) is 11.5 Å². The number of hydrogen-bond donors (Lipinski definition) is 1. The van der Waals surface area contributed by atoms with Crippen LogP contribution in [0.1, 0.15) is 56.6 Å². The molecule has 32 heavy (non-hydrogen) atoms. The number of alkyl halides is 2. The Bertz CT molecular complexity index is 1130. The molecule has 2 aromatic heterocycles. The first-order chi connectivity index (χ1) is 14.9. The van der Waals surface area contributed by atoms with Gasteiger partial charge in [-0.3, -0.25) is 4.79 Å². The lowest BCUT2D eigenvalue weighted by Gasteiger charge is -2.32. The predicted molar refractivity (Wildman–Crippen MR) is 122 cm³/mol. The van der Waals surface area contributed by atoms with Gasteiger partial charge in [0, 0.05) is 34.8 Å². The number of benzene rings is 1. The van der Waals surface area contributed by atoms with E-state index in [1.807, 2.05) is 13.8 Å². The van der Waals surface area contributed by atoms with Crippen LogP contribution < -0.4 is 5.32 Å². The van der Waals surface area contributed by atoms with Crippen LogP contribution >= 0.6 is 11.6 Å². The maximum atomic E-state index is 14.0. The molecule has 1 N–H and O–H groups in total. The number of carbonyl (C=O) groups excluding carboxylic acids is 1. The Labute approximate surface area is 191 Å². The minimum absolute atomic E-state index is 0.0870. The molecule has 0 atom stereocenters. The number of amides is 1. The van der Waals surface area contributed by atoms with Gasteiger partial charge < -0.3 is 5.32 Å². The minimum atomic E-state index is -3.12. The summed E-state index contributed by atoms with van der Waals surface area (Å²) in [6.45, 7) is 7.34. The predicted octanol–water partition coefficient (Wildman–Crippen LogP) is 6.15. The normalized spacial score (nSPS) is 12.2. The van der Waals surface area contributed by atoms with Crippen molar-refractivity contribution in [2.24, 2.45) is 0 Å². The Morgan fingerprint density at radius 2 is 1.69 bits per heavy atom. The second-order valence-electron chi connectivity index (χ2n) is 8.58. The van der Waals surface area contributed by atoms with Gasteiger partial charge in [-0.25, -0.2) is 23.7 Å². The van der Waals surface area contributed by atoms with Crippen molar-refractivity contribution in [3.63, 3.8) is 0 Å². The largest absolute Gasteiger partial charge is 0.341 e. The van der Waals surface area contributed by atoms with Gasteiger partial charge in [0.1, 0.15) is 6.33 Å². The lowest BCUT2D eigenvalue weighted by atomic mass is 9.96. The van der Waals surface area contributed by atoms with Crippen LogP contribution in [0.4, 0.5) is 8.78 Å². The molecular formula is C24H25ClF2N4O. The van der Waals surface area contributed by atoms with E-state index < -0.39 is 17.4 Å². The van der Waals surface area contributed by atoms with Gasteiger partial charge >= 0.3 is 0 Å². The van der Waals surface area contributed by atoms with Crippen LogP contribution in [0.5, 0.6) is 0 Å². The molecule has 0 aliphatic heterocycles. The molecule has 1 aromatic carbocycles. The average molecular weight is 459 g/mol. The van der Waals surface area contributed by atoms with Crippen LogP contribution in [0.25, 0.3) is 22.5 Å². The van der Waals surface area contributed by atoms with Crippen molar-refractivity contribution >= 4 is 17.5 Å². The average Bonchev–Trinajstić information content (AvgIpc) is 2.72. The molecule has 0 saturated carbocycles. The van der Waals surface area contributed by atoms with Crippen molar-refractivity contribution in [2.75, 3.05) is 0 Å². The van der Waals surface area contributed by atoms with Gasteiger partial charge in [0.25, 0.3) is 11.8 Å². The van der Waals surface area contributed by atoms with E-state index in [1.165, 1.54) is 20.2 Å². The first-order valence-electron chi connectivity index (χ1n) is 10.2. The van der Waals surface area contributed by atoms with Crippen LogP contribution in [0.3, 0.4) is 0 Å². The van der Waals surface area contributed by atoms with Crippen molar-refractivity contribution in [3.8, 4) is 22.5 Å². The zero-order chi connectivity index (χ0) is 23.7. The number of halogens is 3. The topological polar surface area (TPSA) is 67.8 Å². The molecule has 0 unspecified atom stereocenters. The lowest BCUT2D eigenvalue weighted by molar-refractivity contribution is -0.0547. The zero-order valence-electron chi connectivity index (χ0n) is 18.6. The summed E-state index contributed by atoms with van der Waals surface area (Å²) in [5, 5.41) is 3.01. The first kappa shape index (κ1) is 23.7. The maximum Gasteiger partial charge on any atom is 0.267 e. The van der Waals surface area contributed by atoms with Crippen LogP contribution in [0, 0.1) is 0 Å². The van der Waals surface area contributed by atoms with Crippen molar-refractivity contribution in [1.82, 2.24) is 20.3 Å². The molecule has 0 saturated heterocycles. The summed E-state index contributed by atoms with van der Waals surface area (Å²) in [7, 11) is 0. The fourth-order valence-corrected chi connectivity index (χ4v) is 3.16. The van der Waals surface area contributed by atoms with E-state index in [0.29, 0.717) is 22.0 Å². The number of carbonyl (C=O) groups is 1. The molecule has 0 aliphatic rings. The van der Waals surface area contributed by atoms with E-state index in [9.17, 15) is 13.6 Å². The highest BCUT2D eigenvalue weighted by atomic mass is 35.5. The third-order valence-electron chi connectivity index (χ3n) is 5.32. The summed E-state index contributed by atoms with van der Waals surface area (Å²) in [5.74, 6) is -3.65. The SMILES string of the molecule is CC(C)c1ncncc1-c1cc(C(=O)NC(C)(C)C(C)(F)F)cc(-c2ccc(Cl)cc2)n1. The third kappa shape index (κ3) is 5.10. The number of rotatable bonds is 6. The van der Waals surface area contributed by atoms with Gasteiger partial charge in [-0.1, -0.05) is 37.6 Å². The molecule has 5 nitrogen and oxygen atoms in total. The fraction of sp³-hybridized carbons (Fsp3) is 0.333. The van der Waals surface area contributed by atoms with Crippen molar-refractivity contribution in [1.29, 1.82) is 0 Å². The van der Waals surface area contributed by atoms with Gasteiger partial charge in [-0.05, 0) is 44.0 Å². The number of nitrogens with zero attached hydrogens (tertiary/aromatic N) is 3.